The Hall–Kier alpha value is -6.63. The van der Waals surface area contributed by atoms with E-state index in [-0.39, 0.29) is 0 Å². The summed E-state index contributed by atoms with van der Waals surface area (Å²) in [5, 5.41) is 19.0. The molecule has 222 valence electrons. The lowest BCUT2D eigenvalue weighted by molar-refractivity contribution is 1.18. The van der Waals surface area contributed by atoms with Gasteiger partial charge in [-0.3, -0.25) is 0 Å². The average molecular weight is 610 g/mol. The van der Waals surface area contributed by atoms with Gasteiger partial charge >= 0.3 is 0 Å². The maximum Gasteiger partial charge on any atom is 0.0991 e. The zero-order valence-corrected chi connectivity index (χ0v) is 25.9. The van der Waals surface area contributed by atoms with Crippen molar-refractivity contribution in [2.24, 2.45) is 0 Å². The van der Waals surface area contributed by atoms with E-state index in [1.54, 1.807) is 0 Å². The van der Waals surface area contributed by atoms with Gasteiger partial charge in [-0.05, 0) is 81.7 Å². The lowest BCUT2D eigenvalue weighted by Gasteiger charge is -2.13. The molecule has 0 atom stereocenters. The third-order valence-corrected chi connectivity index (χ3v) is 9.90. The topological polar surface area (TPSA) is 33.6 Å². The van der Waals surface area contributed by atoms with Crippen LogP contribution >= 0.6 is 0 Å². The molecular formula is C45H27N3. The third kappa shape index (κ3) is 3.81. The maximum atomic E-state index is 9.50. The van der Waals surface area contributed by atoms with Crippen molar-refractivity contribution in [1.82, 2.24) is 9.13 Å². The van der Waals surface area contributed by atoms with Crippen LogP contribution in [0.3, 0.4) is 0 Å². The van der Waals surface area contributed by atoms with Crippen LogP contribution in [-0.4, -0.2) is 9.13 Å². The minimum absolute atomic E-state index is 0.675. The summed E-state index contributed by atoms with van der Waals surface area (Å²) in [4.78, 5) is 0. The van der Waals surface area contributed by atoms with Crippen molar-refractivity contribution in [3.05, 3.63) is 169 Å². The molecule has 0 radical (unpaired) electrons. The van der Waals surface area contributed by atoms with Gasteiger partial charge in [-0.1, -0.05) is 109 Å². The Kier molecular flexibility index (Phi) is 5.64. The van der Waals surface area contributed by atoms with Gasteiger partial charge in [0.1, 0.15) is 0 Å². The smallest absolute Gasteiger partial charge is 0.0991 e. The van der Waals surface area contributed by atoms with Crippen LogP contribution in [0.2, 0.25) is 0 Å². The largest absolute Gasteiger partial charge is 0.309 e. The van der Waals surface area contributed by atoms with E-state index in [1.165, 1.54) is 65.5 Å². The molecule has 2 heterocycles. The SMILES string of the molecule is N#Cc1ccc2c(ccc3ccc(-n4c5ccccc5c5ccc(-c6cccc7c8ccccc8n(-c8ccccc8)c67)cc54)cc32)c1. The Morgan fingerprint density at radius 2 is 1.06 bits per heavy atom. The van der Waals surface area contributed by atoms with E-state index >= 15 is 0 Å². The van der Waals surface area contributed by atoms with Crippen LogP contribution in [0.25, 0.3) is 87.7 Å². The third-order valence-electron chi connectivity index (χ3n) is 9.90. The highest BCUT2D eigenvalue weighted by Gasteiger charge is 2.18. The van der Waals surface area contributed by atoms with Crippen molar-refractivity contribution in [3.8, 4) is 28.6 Å². The van der Waals surface area contributed by atoms with Gasteiger partial charge in [0, 0.05) is 38.5 Å². The summed E-state index contributed by atoms with van der Waals surface area (Å²) < 4.78 is 4.81. The summed E-state index contributed by atoms with van der Waals surface area (Å²) in [6.45, 7) is 0. The summed E-state index contributed by atoms with van der Waals surface area (Å²) in [5.74, 6) is 0. The lowest BCUT2D eigenvalue weighted by Crippen LogP contribution is -1.96. The number of hydrogen-bond donors (Lipinski definition) is 0. The number of rotatable bonds is 3. The zero-order chi connectivity index (χ0) is 31.8. The molecule has 10 rings (SSSR count). The molecule has 0 amide bonds. The van der Waals surface area contributed by atoms with E-state index in [0.717, 1.165) is 22.1 Å². The number of nitrogens with zero attached hydrogens (tertiary/aromatic N) is 3. The first kappa shape index (κ1) is 26.6. The summed E-state index contributed by atoms with van der Waals surface area (Å²) in [5.41, 5.74) is 10.1. The molecule has 8 aromatic carbocycles. The molecule has 3 heteroatoms. The first-order valence-corrected chi connectivity index (χ1v) is 16.2. The number of benzene rings is 8. The van der Waals surface area contributed by atoms with Gasteiger partial charge in [0.25, 0.3) is 0 Å². The maximum absolute atomic E-state index is 9.50. The number of hydrogen-bond acceptors (Lipinski definition) is 1. The summed E-state index contributed by atoms with van der Waals surface area (Å²) in [6, 6.07) is 60.9. The minimum Gasteiger partial charge on any atom is -0.309 e. The van der Waals surface area contributed by atoms with Crippen LogP contribution in [0, 0.1) is 11.3 Å². The molecule has 0 aliphatic carbocycles. The molecule has 0 N–H and O–H groups in total. The van der Waals surface area contributed by atoms with Gasteiger partial charge in [0.15, 0.2) is 0 Å². The van der Waals surface area contributed by atoms with Crippen LogP contribution in [0.15, 0.2) is 164 Å². The molecular weight excluding hydrogens is 583 g/mol. The highest BCUT2D eigenvalue weighted by molar-refractivity contribution is 6.16. The second kappa shape index (κ2) is 10.2. The molecule has 0 bridgehead atoms. The van der Waals surface area contributed by atoms with E-state index in [1.807, 2.05) is 12.1 Å². The number of nitriles is 1. The molecule has 48 heavy (non-hydrogen) atoms. The second-order valence-corrected chi connectivity index (χ2v) is 12.5. The van der Waals surface area contributed by atoms with Crippen molar-refractivity contribution in [3.63, 3.8) is 0 Å². The van der Waals surface area contributed by atoms with Crippen molar-refractivity contribution >= 4 is 65.2 Å². The molecule has 0 fully saturated rings. The van der Waals surface area contributed by atoms with Gasteiger partial charge < -0.3 is 9.13 Å². The van der Waals surface area contributed by atoms with E-state index in [4.69, 9.17) is 0 Å². The Labute approximate surface area is 276 Å². The fourth-order valence-corrected chi connectivity index (χ4v) is 7.77. The Morgan fingerprint density at radius 3 is 1.90 bits per heavy atom. The molecule has 10 aromatic rings. The zero-order valence-electron chi connectivity index (χ0n) is 25.9. The van der Waals surface area contributed by atoms with E-state index < -0.39 is 0 Å². The van der Waals surface area contributed by atoms with E-state index in [9.17, 15) is 5.26 Å². The lowest BCUT2D eigenvalue weighted by atomic mass is 9.99. The van der Waals surface area contributed by atoms with Crippen LogP contribution in [0.1, 0.15) is 5.56 Å². The highest BCUT2D eigenvalue weighted by Crippen LogP contribution is 2.41. The standard InChI is InChI=1S/C45H27N3/c46-28-29-17-23-35-31(25-29)19-18-30-20-22-34(27-41(30)35)47-42-15-6-4-11-37(42)39-24-21-32(26-44(39)47)36-13-8-14-40-38-12-5-7-16-43(38)48(45(36)40)33-9-2-1-3-10-33/h1-27H. The predicted octanol–water partition coefficient (Wildman–Crippen LogP) is 11.7. The summed E-state index contributed by atoms with van der Waals surface area (Å²) >= 11 is 0. The molecule has 0 saturated carbocycles. The normalized spacial score (nSPS) is 11.7. The monoisotopic (exact) mass is 609 g/mol. The van der Waals surface area contributed by atoms with Crippen LogP contribution < -0.4 is 0 Å². The Morgan fingerprint density at radius 1 is 0.396 bits per heavy atom. The number of fused-ring (bicyclic) bond motifs is 9. The molecule has 0 unspecified atom stereocenters. The van der Waals surface area contributed by atoms with Gasteiger partial charge in [-0.2, -0.15) is 5.26 Å². The molecule has 0 aliphatic heterocycles. The van der Waals surface area contributed by atoms with Crippen molar-refractivity contribution in [2.75, 3.05) is 0 Å². The number of aromatic nitrogens is 2. The molecule has 3 nitrogen and oxygen atoms in total. The van der Waals surface area contributed by atoms with E-state index in [0.29, 0.717) is 5.56 Å². The fourth-order valence-electron chi connectivity index (χ4n) is 7.77. The van der Waals surface area contributed by atoms with Crippen molar-refractivity contribution < 1.29 is 0 Å². The summed E-state index contributed by atoms with van der Waals surface area (Å²) in [7, 11) is 0. The molecule has 0 aliphatic rings. The van der Waals surface area contributed by atoms with Crippen LogP contribution in [0.4, 0.5) is 0 Å². The summed E-state index contributed by atoms with van der Waals surface area (Å²) in [6.07, 6.45) is 0. The van der Waals surface area contributed by atoms with Crippen molar-refractivity contribution in [2.45, 2.75) is 0 Å². The quantitative estimate of drug-likeness (QED) is 0.183. The van der Waals surface area contributed by atoms with Crippen LogP contribution in [-0.2, 0) is 0 Å². The Balaban J connectivity index is 1.26. The first-order chi connectivity index (χ1) is 23.8. The average Bonchev–Trinajstić information content (AvgIpc) is 3.67. The molecule has 0 saturated heterocycles. The molecule has 0 spiro atoms. The predicted molar refractivity (Wildman–Crippen MR) is 200 cm³/mol. The van der Waals surface area contributed by atoms with Gasteiger partial charge in [0.2, 0.25) is 0 Å². The minimum atomic E-state index is 0.675. The van der Waals surface area contributed by atoms with Gasteiger partial charge in [-0.25, -0.2) is 0 Å². The second-order valence-electron chi connectivity index (χ2n) is 12.5. The van der Waals surface area contributed by atoms with E-state index in [2.05, 4.69) is 167 Å². The van der Waals surface area contributed by atoms with Crippen molar-refractivity contribution in [1.29, 1.82) is 5.26 Å². The Bertz CT molecular complexity index is 2950. The highest BCUT2D eigenvalue weighted by atomic mass is 15.0. The van der Waals surface area contributed by atoms with Gasteiger partial charge in [0.05, 0.1) is 33.7 Å². The van der Waals surface area contributed by atoms with Gasteiger partial charge in [-0.15, -0.1) is 0 Å². The molecule has 2 aromatic heterocycles. The number of para-hydroxylation sites is 4. The van der Waals surface area contributed by atoms with Crippen LogP contribution in [0.5, 0.6) is 0 Å². The fraction of sp³-hybridized carbons (Fsp3) is 0. The first-order valence-electron chi connectivity index (χ1n) is 16.2.